The Hall–Kier alpha value is -3.19. The number of nitrogens with one attached hydrogen (secondary N) is 2. The summed E-state index contributed by atoms with van der Waals surface area (Å²) in [6.45, 7) is 4.61. The SMILES string of the molecule is Cc1cccc(NC(=O)CCN2C(=S)N[C@H](c3ccccn3)[C@H]2c2ccc(C)n2C)c1. The molecule has 1 aromatic carbocycles. The molecule has 2 N–H and O–H groups in total. The summed E-state index contributed by atoms with van der Waals surface area (Å²) >= 11 is 5.69. The first kappa shape index (κ1) is 21.1. The number of rotatable bonds is 6. The third-order valence-corrected chi connectivity index (χ3v) is 6.15. The van der Waals surface area contributed by atoms with Gasteiger partial charge >= 0.3 is 0 Å². The van der Waals surface area contributed by atoms with Gasteiger partial charge in [0, 0.05) is 43.3 Å². The van der Waals surface area contributed by atoms with Gasteiger partial charge in [0.1, 0.15) is 0 Å². The van der Waals surface area contributed by atoms with E-state index in [-0.39, 0.29) is 18.0 Å². The second-order valence-corrected chi connectivity index (χ2v) is 8.33. The van der Waals surface area contributed by atoms with E-state index in [1.54, 1.807) is 6.20 Å². The zero-order valence-corrected chi connectivity index (χ0v) is 18.8. The molecule has 0 bridgehead atoms. The molecule has 1 fully saturated rings. The molecule has 31 heavy (non-hydrogen) atoms. The normalized spacial score (nSPS) is 18.2. The van der Waals surface area contributed by atoms with E-state index >= 15 is 0 Å². The summed E-state index contributed by atoms with van der Waals surface area (Å²) in [6.07, 6.45) is 2.13. The number of carbonyl (C=O) groups excluding carboxylic acids is 1. The van der Waals surface area contributed by atoms with Gasteiger partial charge in [-0.25, -0.2) is 0 Å². The van der Waals surface area contributed by atoms with Crippen LogP contribution in [0.3, 0.4) is 0 Å². The van der Waals surface area contributed by atoms with Gasteiger partial charge in [-0.05, 0) is 68.0 Å². The van der Waals surface area contributed by atoms with Gasteiger partial charge in [-0.3, -0.25) is 9.78 Å². The maximum atomic E-state index is 12.6. The summed E-state index contributed by atoms with van der Waals surface area (Å²) in [6, 6.07) is 17.8. The lowest BCUT2D eigenvalue weighted by Gasteiger charge is -2.28. The highest BCUT2D eigenvalue weighted by atomic mass is 32.1. The predicted molar refractivity (Wildman–Crippen MR) is 127 cm³/mol. The van der Waals surface area contributed by atoms with E-state index in [0.29, 0.717) is 18.1 Å². The Morgan fingerprint density at radius 2 is 2.00 bits per heavy atom. The van der Waals surface area contributed by atoms with Crippen molar-refractivity contribution in [1.82, 2.24) is 19.8 Å². The second-order valence-electron chi connectivity index (χ2n) is 7.95. The number of thiocarbonyl (C=S) groups is 1. The number of aryl methyl sites for hydroxylation is 2. The number of amides is 1. The Morgan fingerprint density at radius 3 is 2.68 bits per heavy atom. The fourth-order valence-electron chi connectivity index (χ4n) is 4.07. The maximum absolute atomic E-state index is 12.6. The third kappa shape index (κ3) is 4.46. The number of nitrogens with zero attached hydrogens (tertiary/aromatic N) is 3. The average Bonchev–Trinajstić information content (AvgIpc) is 3.25. The largest absolute Gasteiger partial charge is 0.352 e. The highest BCUT2D eigenvalue weighted by Crippen LogP contribution is 2.38. The number of benzene rings is 1. The molecule has 2 aromatic heterocycles. The molecule has 7 heteroatoms. The van der Waals surface area contributed by atoms with E-state index in [1.807, 2.05) is 49.4 Å². The minimum absolute atomic E-state index is 0.0310. The molecule has 2 atom stereocenters. The number of hydrogen-bond acceptors (Lipinski definition) is 3. The third-order valence-electron chi connectivity index (χ3n) is 5.79. The number of pyridine rings is 1. The van der Waals surface area contributed by atoms with Crippen molar-refractivity contribution in [3.8, 4) is 0 Å². The molecule has 1 saturated heterocycles. The van der Waals surface area contributed by atoms with E-state index in [9.17, 15) is 4.79 Å². The lowest BCUT2D eigenvalue weighted by atomic mass is 10.0. The standard InChI is InChI=1S/C24H27N5OS/c1-16-7-6-8-18(15-16)26-21(30)12-14-29-23(20-11-10-17(2)28(20)3)22(27-24(29)31)19-9-4-5-13-25-19/h4-11,13,15,22-23H,12,14H2,1-3H3,(H,26,30)(H,27,31)/t22-,23-/m1/s1. The average molecular weight is 434 g/mol. The van der Waals surface area contributed by atoms with Gasteiger partial charge < -0.3 is 20.1 Å². The van der Waals surface area contributed by atoms with Gasteiger partial charge in [0.2, 0.25) is 5.91 Å². The molecule has 4 rings (SSSR count). The summed E-state index contributed by atoms with van der Waals surface area (Å²) in [7, 11) is 2.06. The van der Waals surface area contributed by atoms with Gasteiger partial charge in [0.05, 0.1) is 17.8 Å². The molecule has 6 nitrogen and oxygen atoms in total. The Kier molecular flexibility index (Phi) is 6.04. The molecule has 0 unspecified atom stereocenters. The first-order valence-electron chi connectivity index (χ1n) is 10.4. The fraction of sp³-hybridized carbons (Fsp3) is 0.292. The summed E-state index contributed by atoms with van der Waals surface area (Å²) in [5, 5.41) is 7.07. The molecule has 1 amide bonds. The van der Waals surface area contributed by atoms with Crippen molar-refractivity contribution in [2.24, 2.45) is 7.05 Å². The van der Waals surface area contributed by atoms with Crippen LogP contribution in [-0.2, 0) is 11.8 Å². The summed E-state index contributed by atoms with van der Waals surface area (Å²) in [5.74, 6) is -0.0310. The number of carbonyl (C=O) groups is 1. The fourth-order valence-corrected chi connectivity index (χ4v) is 4.40. The van der Waals surface area contributed by atoms with Gasteiger partial charge in [-0.1, -0.05) is 18.2 Å². The van der Waals surface area contributed by atoms with Crippen molar-refractivity contribution in [2.45, 2.75) is 32.4 Å². The molecule has 0 radical (unpaired) electrons. The zero-order valence-electron chi connectivity index (χ0n) is 18.0. The highest BCUT2D eigenvalue weighted by Gasteiger charge is 2.41. The van der Waals surface area contributed by atoms with Crippen molar-refractivity contribution in [3.05, 3.63) is 83.4 Å². The van der Waals surface area contributed by atoms with Crippen molar-refractivity contribution >= 4 is 28.9 Å². The van der Waals surface area contributed by atoms with Gasteiger partial charge in [-0.15, -0.1) is 0 Å². The van der Waals surface area contributed by atoms with Crippen LogP contribution in [0.15, 0.2) is 60.8 Å². The molecule has 3 aromatic rings. The first-order valence-corrected chi connectivity index (χ1v) is 10.8. The number of hydrogen-bond donors (Lipinski definition) is 2. The molecular weight excluding hydrogens is 406 g/mol. The van der Waals surface area contributed by atoms with Crippen LogP contribution in [0.4, 0.5) is 5.69 Å². The van der Waals surface area contributed by atoms with Gasteiger partial charge in [0.25, 0.3) is 0 Å². The Labute approximate surface area is 188 Å². The van der Waals surface area contributed by atoms with E-state index in [0.717, 1.165) is 22.6 Å². The van der Waals surface area contributed by atoms with Gasteiger partial charge in [0.15, 0.2) is 5.11 Å². The van der Waals surface area contributed by atoms with Crippen molar-refractivity contribution in [1.29, 1.82) is 0 Å². The maximum Gasteiger partial charge on any atom is 0.226 e. The van der Waals surface area contributed by atoms with Crippen molar-refractivity contribution in [3.63, 3.8) is 0 Å². The number of anilines is 1. The molecule has 0 aliphatic carbocycles. The van der Waals surface area contributed by atoms with Crippen molar-refractivity contribution in [2.75, 3.05) is 11.9 Å². The minimum Gasteiger partial charge on any atom is -0.352 e. The molecule has 3 heterocycles. The van der Waals surface area contributed by atoms with E-state index < -0.39 is 0 Å². The van der Waals surface area contributed by atoms with E-state index in [1.165, 1.54) is 5.69 Å². The molecule has 1 aliphatic heterocycles. The minimum atomic E-state index is -0.0819. The van der Waals surface area contributed by atoms with Crippen molar-refractivity contribution < 1.29 is 4.79 Å². The van der Waals surface area contributed by atoms with Crippen LogP contribution >= 0.6 is 12.2 Å². The smallest absolute Gasteiger partial charge is 0.226 e. The topological polar surface area (TPSA) is 62.2 Å². The molecule has 0 saturated carbocycles. The Morgan fingerprint density at radius 1 is 1.16 bits per heavy atom. The lowest BCUT2D eigenvalue weighted by molar-refractivity contribution is -0.116. The van der Waals surface area contributed by atoms with Crippen LogP contribution in [0.2, 0.25) is 0 Å². The monoisotopic (exact) mass is 433 g/mol. The van der Waals surface area contributed by atoms with Crippen LogP contribution in [0.5, 0.6) is 0 Å². The van der Waals surface area contributed by atoms with Crippen LogP contribution in [0, 0.1) is 13.8 Å². The summed E-state index contributed by atoms with van der Waals surface area (Å²) in [5.41, 5.74) is 5.16. The van der Waals surface area contributed by atoms with E-state index in [2.05, 4.69) is 51.2 Å². The molecular formula is C24H27N5OS. The number of aromatic nitrogens is 2. The van der Waals surface area contributed by atoms with E-state index in [4.69, 9.17) is 12.2 Å². The summed E-state index contributed by atoms with van der Waals surface area (Å²) in [4.78, 5) is 19.3. The van der Waals surface area contributed by atoms with Crippen LogP contribution < -0.4 is 10.6 Å². The molecule has 1 aliphatic rings. The lowest BCUT2D eigenvalue weighted by Crippen LogP contribution is -2.33. The quantitative estimate of drug-likeness (QED) is 0.575. The van der Waals surface area contributed by atoms with Crippen LogP contribution in [0.1, 0.15) is 41.1 Å². The summed E-state index contributed by atoms with van der Waals surface area (Å²) < 4.78 is 2.18. The van der Waals surface area contributed by atoms with Crippen LogP contribution in [0.25, 0.3) is 0 Å². The molecule has 160 valence electrons. The predicted octanol–water partition coefficient (Wildman–Crippen LogP) is 4.04. The first-order chi connectivity index (χ1) is 14.9. The highest BCUT2D eigenvalue weighted by molar-refractivity contribution is 7.80. The van der Waals surface area contributed by atoms with Crippen LogP contribution in [-0.4, -0.2) is 32.0 Å². The Balaban J connectivity index is 1.55. The Bertz CT molecular complexity index is 1090. The molecule has 0 spiro atoms. The zero-order chi connectivity index (χ0) is 22.0. The second kappa shape index (κ2) is 8.89. The van der Waals surface area contributed by atoms with Gasteiger partial charge in [-0.2, -0.15) is 0 Å².